The zero-order chi connectivity index (χ0) is 46.6. The Hall–Kier alpha value is -5.88. The SMILES string of the molecule is Cc1ccccc1C[C@H](NC(=O)[C@H](CCC(=O)O)NC(=O)[C@H](CC(=O)O)NC(=O)CCC(=O)O)C(=O)N[C@H](C(=O)N[C@@H](CC(C)C)C(=O)NC(C=O)CCC(C)C)C(C)(C)C. The number of amides is 6. The molecule has 0 radical (unpaired) electrons. The molecule has 0 aliphatic carbocycles. The Bertz CT molecular complexity index is 1720. The second kappa shape index (κ2) is 25.7. The van der Waals surface area contributed by atoms with E-state index in [1.807, 2.05) is 27.7 Å². The van der Waals surface area contributed by atoms with E-state index in [4.69, 9.17) is 5.11 Å². The molecule has 0 aromatic heterocycles. The number of benzene rings is 1. The Kier molecular flexibility index (Phi) is 22.4. The van der Waals surface area contributed by atoms with Crippen LogP contribution in [0.25, 0.3) is 0 Å². The number of hydrogen-bond donors (Lipinski definition) is 9. The highest BCUT2D eigenvalue weighted by Crippen LogP contribution is 2.21. The van der Waals surface area contributed by atoms with Crippen molar-refractivity contribution in [3.05, 3.63) is 35.4 Å². The minimum atomic E-state index is -1.79. The Morgan fingerprint density at radius 2 is 1.13 bits per heavy atom. The highest BCUT2D eigenvalue weighted by molar-refractivity contribution is 5.97. The van der Waals surface area contributed by atoms with Crippen LogP contribution in [0.15, 0.2) is 24.3 Å². The molecule has 0 spiro atoms. The van der Waals surface area contributed by atoms with Crippen LogP contribution in [0.3, 0.4) is 0 Å². The molecule has 19 heteroatoms. The van der Waals surface area contributed by atoms with Crippen LogP contribution in [0.2, 0.25) is 0 Å². The third-order valence-corrected chi connectivity index (χ3v) is 9.50. The zero-order valence-corrected chi connectivity index (χ0v) is 36.3. The Morgan fingerprint density at radius 1 is 0.590 bits per heavy atom. The van der Waals surface area contributed by atoms with Crippen LogP contribution in [-0.4, -0.2) is 111 Å². The van der Waals surface area contributed by atoms with Crippen molar-refractivity contribution in [3.8, 4) is 0 Å². The van der Waals surface area contributed by atoms with Crippen molar-refractivity contribution in [3.63, 3.8) is 0 Å². The molecule has 1 aromatic carbocycles. The second-order valence-electron chi connectivity index (χ2n) is 17.0. The Labute approximate surface area is 356 Å². The summed E-state index contributed by atoms with van der Waals surface area (Å²) in [7, 11) is 0. The van der Waals surface area contributed by atoms with Gasteiger partial charge in [0.05, 0.1) is 18.9 Å². The summed E-state index contributed by atoms with van der Waals surface area (Å²) >= 11 is 0. The van der Waals surface area contributed by atoms with Gasteiger partial charge in [0, 0.05) is 19.3 Å². The summed E-state index contributed by atoms with van der Waals surface area (Å²) in [5.74, 6) is -9.37. The van der Waals surface area contributed by atoms with Crippen molar-refractivity contribution >= 4 is 59.6 Å². The van der Waals surface area contributed by atoms with Crippen LogP contribution in [0, 0.1) is 24.2 Å². The van der Waals surface area contributed by atoms with Gasteiger partial charge in [-0.1, -0.05) is 72.7 Å². The number of carbonyl (C=O) groups excluding carboxylic acids is 7. The van der Waals surface area contributed by atoms with E-state index in [2.05, 4.69) is 31.9 Å². The molecule has 1 rings (SSSR count). The first-order valence-electron chi connectivity index (χ1n) is 20.3. The van der Waals surface area contributed by atoms with Gasteiger partial charge < -0.3 is 52.0 Å². The van der Waals surface area contributed by atoms with E-state index in [0.717, 1.165) is 5.56 Å². The summed E-state index contributed by atoms with van der Waals surface area (Å²) in [5, 5.41) is 42.8. The Balaban J connectivity index is 3.54. The zero-order valence-electron chi connectivity index (χ0n) is 36.3. The number of nitrogens with one attached hydrogen (secondary N) is 6. The molecule has 1 aromatic rings. The predicted molar refractivity (Wildman–Crippen MR) is 222 cm³/mol. The van der Waals surface area contributed by atoms with Crippen molar-refractivity contribution in [1.29, 1.82) is 0 Å². The van der Waals surface area contributed by atoms with Crippen LogP contribution < -0.4 is 31.9 Å². The standard InChI is InChI=1S/C42H64N6O13/c1-23(2)13-14-27(22-49)43-38(58)29(19-24(3)4)47-41(61)36(42(6,7)8)48-40(60)30(20-26-12-10-9-11-25(26)5)46-37(57)28(15-17-33(51)52)45-39(59)31(21-35(55)56)44-32(50)16-18-34(53)54/h9-12,22-24,27-31,36H,13-21H2,1-8H3,(H,43,58)(H,44,50)(H,45,59)(H,46,57)(H,47,61)(H,48,60)(H,51,52)(H,53,54)(H,55,56)/t27?,28-,29-,30-,31-,36+/m0/s1. The number of carboxylic acid groups (broad SMARTS) is 3. The summed E-state index contributed by atoms with van der Waals surface area (Å²) in [6.45, 7) is 14.4. The van der Waals surface area contributed by atoms with Gasteiger partial charge in [0.1, 0.15) is 36.5 Å². The summed E-state index contributed by atoms with van der Waals surface area (Å²) in [6.07, 6.45) is -1.60. The summed E-state index contributed by atoms with van der Waals surface area (Å²) < 4.78 is 0. The summed E-state index contributed by atoms with van der Waals surface area (Å²) in [4.78, 5) is 127. The van der Waals surface area contributed by atoms with Gasteiger partial charge in [-0.2, -0.15) is 0 Å². The van der Waals surface area contributed by atoms with E-state index in [1.165, 1.54) is 0 Å². The average Bonchev–Trinajstić information content (AvgIpc) is 3.14. The van der Waals surface area contributed by atoms with E-state index < -0.39 is 127 Å². The summed E-state index contributed by atoms with van der Waals surface area (Å²) in [5.41, 5.74) is 0.354. The van der Waals surface area contributed by atoms with Crippen molar-refractivity contribution < 1.29 is 63.3 Å². The van der Waals surface area contributed by atoms with Gasteiger partial charge in [-0.15, -0.1) is 0 Å². The van der Waals surface area contributed by atoms with Crippen molar-refractivity contribution in [2.45, 2.75) is 149 Å². The van der Waals surface area contributed by atoms with Crippen LogP contribution >= 0.6 is 0 Å². The predicted octanol–water partition coefficient (Wildman–Crippen LogP) is 1.38. The van der Waals surface area contributed by atoms with Crippen LogP contribution in [0.4, 0.5) is 0 Å². The molecule has 0 fully saturated rings. The fourth-order valence-electron chi connectivity index (χ4n) is 6.07. The first-order valence-corrected chi connectivity index (χ1v) is 20.3. The fraction of sp³-hybridized carbons (Fsp3) is 0.619. The molecule has 0 heterocycles. The number of carboxylic acids is 3. The van der Waals surface area contributed by atoms with E-state index in [9.17, 15) is 58.2 Å². The normalized spacial score (nSPS) is 14.3. The summed E-state index contributed by atoms with van der Waals surface area (Å²) in [6, 6.07) is -1.17. The lowest BCUT2D eigenvalue weighted by Crippen LogP contribution is -2.62. The molecule has 0 bridgehead atoms. The fourth-order valence-corrected chi connectivity index (χ4v) is 6.07. The van der Waals surface area contributed by atoms with Gasteiger partial charge in [0.25, 0.3) is 0 Å². The second-order valence-corrected chi connectivity index (χ2v) is 17.0. The lowest BCUT2D eigenvalue weighted by atomic mass is 9.85. The number of carbonyl (C=O) groups is 10. The van der Waals surface area contributed by atoms with Crippen LogP contribution in [0.5, 0.6) is 0 Å². The van der Waals surface area contributed by atoms with E-state index >= 15 is 0 Å². The molecule has 9 N–H and O–H groups in total. The number of aryl methyl sites for hydroxylation is 1. The van der Waals surface area contributed by atoms with Crippen molar-refractivity contribution in [2.24, 2.45) is 17.3 Å². The first kappa shape index (κ1) is 53.1. The lowest BCUT2D eigenvalue weighted by Gasteiger charge is -2.34. The number of hydrogen-bond acceptors (Lipinski definition) is 10. The van der Waals surface area contributed by atoms with Gasteiger partial charge in [-0.25, -0.2) is 0 Å². The van der Waals surface area contributed by atoms with Gasteiger partial charge in [-0.3, -0.25) is 43.2 Å². The van der Waals surface area contributed by atoms with Gasteiger partial charge >= 0.3 is 17.9 Å². The molecule has 6 atom stereocenters. The van der Waals surface area contributed by atoms with Gasteiger partial charge in [0.15, 0.2) is 0 Å². The average molecular weight is 861 g/mol. The maximum absolute atomic E-state index is 14.3. The number of aliphatic carboxylic acids is 3. The quantitative estimate of drug-likeness (QED) is 0.0566. The van der Waals surface area contributed by atoms with E-state index in [0.29, 0.717) is 24.7 Å². The molecule has 1 unspecified atom stereocenters. The topological polar surface area (TPSA) is 304 Å². The Morgan fingerprint density at radius 3 is 1.66 bits per heavy atom. The van der Waals surface area contributed by atoms with Crippen molar-refractivity contribution in [1.82, 2.24) is 31.9 Å². The van der Waals surface area contributed by atoms with Crippen molar-refractivity contribution in [2.75, 3.05) is 0 Å². The van der Waals surface area contributed by atoms with Gasteiger partial charge in [-0.05, 0) is 61.0 Å². The maximum Gasteiger partial charge on any atom is 0.305 e. The molecule has 61 heavy (non-hydrogen) atoms. The molecular formula is C42H64N6O13. The molecule has 19 nitrogen and oxygen atoms in total. The molecule has 0 saturated carbocycles. The molecule has 0 aliphatic heterocycles. The van der Waals surface area contributed by atoms with E-state index in [-0.39, 0.29) is 24.7 Å². The molecule has 0 aliphatic rings. The third kappa shape index (κ3) is 20.8. The third-order valence-electron chi connectivity index (χ3n) is 9.50. The highest BCUT2D eigenvalue weighted by Gasteiger charge is 2.38. The molecule has 0 saturated heterocycles. The van der Waals surface area contributed by atoms with Crippen LogP contribution in [-0.2, 0) is 54.4 Å². The first-order chi connectivity index (χ1) is 28.3. The molecule has 340 valence electrons. The number of rotatable bonds is 27. The highest BCUT2D eigenvalue weighted by atomic mass is 16.4. The minimum absolute atomic E-state index is 0.0695. The molecular weight excluding hydrogens is 796 g/mol. The van der Waals surface area contributed by atoms with Crippen LogP contribution in [0.1, 0.15) is 111 Å². The smallest absolute Gasteiger partial charge is 0.305 e. The number of aldehydes is 1. The molecule has 6 amide bonds. The largest absolute Gasteiger partial charge is 0.481 e. The monoisotopic (exact) mass is 860 g/mol. The maximum atomic E-state index is 14.3. The van der Waals surface area contributed by atoms with E-state index in [1.54, 1.807) is 52.0 Å². The lowest BCUT2D eigenvalue weighted by molar-refractivity contribution is -0.142. The minimum Gasteiger partial charge on any atom is -0.481 e. The van der Waals surface area contributed by atoms with Gasteiger partial charge in [0.2, 0.25) is 35.4 Å².